The van der Waals surface area contributed by atoms with Crippen LogP contribution in [0.5, 0.6) is 0 Å². The smallest absolute Gasteiger partial charge is 0.251 e. The Kier molecular flexibility index (Phi) is 4.35. The molecule has 0 spiro atoms. The number of amides is 1. The molecule has 5 heteroatoms. The van der Waals surface area contributed by atoms with Crippen molar-refractivity contribution in [2.45, 2.75) is 0 Å². The molecule has 0 aliphatic carbocycles. The van der Waals surface area contributed by atoms with Crippen LogP contribution in [0.4, 0.5) is 4.39 Å². The summed E-state index contributed by atoms with van der Waals surface area (Å²) in [5.41, 5.74) is 0.288. The molecule has 0 unspecified atom stereocenters. The molecule has 0 atom stereocenters. The van der Waals surface area contributed by atoms with E-state index in [1.54, 1.807) is 0 Å². The second-order valence-electron chi connectivity index (χ2n) is 2.57. The third kappa shape index (κ3) is 2.96. The lowest BCUT2D eigenvalue weighted by molar-refractivity contribution is 0.0955. The van der Waals surface area contributed by atoms with E-state index in [1.807, 2.05) is 0 Å². The van der Waals surface area contributed by atoms with Gasteiger partial charge in [-0.2, -0.15) is 0 Å². The van der Waals surface area contributed by atoms with Crippen molar-refractivity contribution in [1.82, 2.24) is 5.32 Å². The number of hydrogen-bond donors (Lipinski definition) is 1. The zero-order valence-corrected chi connectivity index (χ0v) is 9.53. The third-order valence-electron chi connectivity index (χ3n) is 1.56. The summed E-state index contributed by atoms with van der Waals surface area (Å²) < 4.78 is 13.3. The normalized spacial score (nSPS) is 9.93. The van der Waals surface area contributed by atoms with Gasteiger partial charge in [0.2, 0.25) is 0 Å². The first-order chi connectivity index (χ1) is 6.65. The monoisotopic (exact) mass is 279 g/mol. The van der Waals surface area contributed by atoms with Crippen LogP contribution in [-0.2, 0) is 0 Å². The third-order valence-corrected chi connectivity index (χ3v) is 2.39. The first-order valence-corrected chi connectivity index (χ1v) is 5.27. The predicted octanol–water partition coefficient (Wildman–Crippen LogP) is 2.56. The van der Waals surface area contributed by atoms with Gasteiger partial charge in [0.25, 0.3) is 5.91 Å². The fourth-order valence-corrected chi connectivity index (χ4v) is 1.24. The molecule has 1 aromatic carbocycles. The van der Waals surface area contributed by atoms with E-state index in [9.17, 15) is 9.18 Å². The second-order valence-corrected chi connectivity index (χ2v) is 3.81. The van der Waals surface area contributed by atoms with Gasteiger partial charge in [-0.15, -0.1) is 11.6 Å². The van der Waals surface area contributed by atoms with Gasteiger partial charge < -0.3 is 5.32 Å². The number of carbonyl (C=O) groups is 1. The molecule has 76 valence electrons. The Bertz CT molecular complexity index is 346. The highest BCUT2D eigenvalue weighted by molar-refractivity contribution is 9.10. The Balaban J connectivity index is 2.76. The van der Waals surface area contributed by atoms with E-state index in [0.717, 1.165) is 0 Å². The molecule has 0 heterocycles. The largest absolute Gasteiger partial charge is 0.351 e. The average molecular weight is 281 g/mol. The van der Waals surface area contributed by atoms with E-state index in [2.05, 4.69) is 21.2 Å². The zero-order valence-electron chi connectivity index (χ0n) is 7.19. The molecule has 1 amide bonds. The number of rotatable bonds is 3. The van der Waals surface area contributed by atoms with Crippen molar-refractivity contribution in [2.75, 3.05) is 12.4 Å². The van der Waals surface area contributed by atoms with E-state index in [0.29, 0.717) is 16.9 Å². The Morgan fingerprint density at radius 1 is 1.57 bits per heavy atom. The van der Waals surface area contributed by atoms with E-state index >= 15 is 0 Å². The van der Waals surface area contributed by atoms with Gasteiger partial charge in [0.05, 0.1) is 4.47 Å². The molecule has 1 rings (SSSR count). The van der Waals surface area contributed by atoms with Crippen LogP contribution in [0.3, 0.4) is 0 Å². The summed E-state index contributed by atoms with van der Waals surface area (Å²) in [6.45, 7) is 0.373. The van der Waals surface area contributed by atoms with Crippen LogP contribution in [0, 0.1) is 5.82 Å². The maximum Gasteiger partial charge on any atom is 0.251 e. The first kappa shape index (κ1) is 11.5. The number of carbonyl (C=O) groups excluding carboxylic acids is 1. The Labute approximate surface area is 94.6 Å². The van der Waals surface area contributed by atoms with Crippen molar-refractivity contribution in [3.63, 3.8) is 0 Å². The van der Waals surface area contributed by atoms with Crippen LogP contribution in [0.25, 0.3) is 0 Å². The molecule has 2 nitrogen and oxygen atoms in total. The number of nitrogens with one attached hydrogen (secondary N) is 1. The summed E-state index contributed by atoms with van der Waals surface area (Å²) >= 11 is 8.40. The van der Waals surface area contributed by atoms with E-state index in [1.165, 1.54) is 18.2 Å². The summed E-state index contributed by atoms with van der Waals surface area (Å²) in [6.07, 6.45) is 0. The van der Waals surface area contributed by atoms with Gasteiger partial charge in [-0.1, -0.05) is 0 Å². The van der Waals surface area contributed by atoms with Crippen LogP contribution < -0.4 is 5.32 Å². The molecule has 0 aliphatic rings. The minimum atomic E-state index is -0.455. The number of halogens is 3. The van der Waals surface area contributed by atoms with Crippen LogP contribution in [0.1, 0.15) is 10.4 Å². The van der Waals surface area contributed by atoms with Crippen LogP contribution in [0.15, 0.2) is 22.7 Å². The fourth-order valence-electron chi connectivity index (χ4n) is 0.900. The van der Waals surface area contributed by atoms with E-state index in [4.69, 9.17) is 11.6 Å². The molecule has 0 fully saturated rings. The maximum absolute atomic E-state index is 13.0. The summed E-state index contributed by atoms with van der Waals surface area (Å²) in [4.78, 5) is 11.3. The molecule has 0 bridgehead atoms. The minimum Gasteiger partial charge on any atom is -0.351 e. The molecule has 0 saturated heterocycles. The lowest BCUT2D eigenvalue weighted by atomic mass is 10.2. The van der Waals surface area contributed by atoms with Gasteiger partial charge in [-0.05, 0) is 34.1 Å². The Hall–Kier alpha value is -0.610. The van der Waals surface area contributed by atoms with E-state index in [-0.39, 0.29) is 11.5 Å². The zero-order chi connectivity index (χ0) is 10.6. The quantitative estimate of drug-likeness (QED) is 0.847. The molecule has 14 heavy (non-hydrogen) atoms. The molecular formula is C9H8BrClFNO. The number of alkyl halides is 1. The van der Waals surface area contributed by atoms with Gasteiger partial charge in [0.15, 0.2) is 0 Å². The highest BCUT2D eigenvalue weighted by atomic mass is 79.9. The van der Waals surface area contributed by atoms with E-state index < -0.39 is 5.82 Å². The SMILES string of the molecule is O=C(NCCCl)c1ccc(Br)c(F)c1. The molecule has 1 aromatic rings. The van der Waals surface area contributed by atoms with Crippen molar-refractivity contribution in [1.29, 1.82) is 0 Å². The average Bonchev–Trinajstić information content (AvgIpc) is 2.18. The lowest BCUT2D eigenvalue weighted by Crippen LogP contribution is -2.25. The molecule has 1 N–H and O–H groups in total. The predicted molar refractivity (Wildman–Crippen MR) is 57.2 cm³/mol. The molecule has 0 aromatic heterocycles. The Morgan fingerprint density at radius 3 is 2.86 bits per heavy atom. The molecule has 0 saturated carbocycles. The minimum absolute atomic E-state index is 0.288. The number of hydrogen-bond acceptors (Lipinski definition) is 1. The standard InChI is InChI=1S/C9H8BrClFNO/c10-7-2-1-6(5-8(7)12)9(14)13-4-3-11/h1-2,5H,3-4H2,(H,13,14). The molecular weight excluding hydrogens is 272 g/mol. The van der Waals surface area contributed by atoms with Gasteiger partial charge >= 0.3 is 0 Å². The lowest BCUT2D eigenvalue weighted by Gasteiger charge is -2.03. The second kappa shape index (κ2) is 5.32. The molecule has 0 radical (unpaired) electrons. The van der Waals surface area contributed by atoms with Gasteiger partial charge in [0, 0.05) is 18.0 Å². The maximum atomic E-state index is 13.0. The van der Waals surface area contributed by atoms with Gasteiger partial charge in [-0.25, -0.2) is 4.39 Å². The van der Waals surface area contributed by atoms with Crippen molar-refractivity contribution < 1.29 is 9.18 Å². The fraction of sp³-hybridized carbons (Fsp3) is 0.222. The van der Waals surface area contributed by atoms with Crippen molar-refractivity contribution in [3.8, 4) is 0 Å². The topological polar surface area (TPSA) is 29.1 Å². The first-order valence-electron chi connectivity index (χ1n) is 3.94. The van der Waals surface area contributed by atoms with Crippen LogP contribution in [-0.4, -0.2) is 18.3 Å². The number of benzene rings is 1. The highest BCUT2D eigenvalue weighted by Crippen LogP contribution is 2.16. The van der Waals surface area contributed by atoms with Crippen LogP contribution in [0.2, 0.25) is 0 Å². The van der Waals surface area contributed by atoms with Crippen LogP contribution >= 0.6 is 27.5 Å². The van der Waals surface area contributed by atoms with Gasteiger partial charge in [-0.3, -0.25) is 4.79 Å². The van der Waals surface area contributed by atoms with Crippen molar-refractivity contribution >= 4 is 33.4 Å². The summed E-state index contributed by atoms with van der Waals surface area (Å²) in [7, 11) is 0. The van der Waals surface area contributed by atoms with Crippen molar-refractivity contribution in [2.24, 2.45) is 0 Å². The summed E-state index contributed by atoms with van der Waals surface area (Å²) in [6, 6.07) is 4.20. The Morgan fingerprint density at radius 2 is 2.29 bits per heavy atom. The molecule has 0 aliphatic heterocycles. The summed E-state index contributed by atoms with van der Waals surface area (Å²) in [5, 5.41) is 2.54. The summed E-state index contributed by atoms with van der Waals surface area (Å²) in [5.74, 6) is -0.439. The van der Waals surface area contributed by atoms with Gasteiger partial charge in [0.1, 0.15) is 5.82 Å². The highest BCUT2D eigenvalue weighted by Gasteiger charge is 2.07. The van der Waals surface area contributed by atoms with Crippen molar-refractivity contribution in [3.05, 3.63) is 34.1 Å².